The van der Waals surface area contributed by atoms with Gasteiger partial charge in [0.1, 0.15) is 12.0 Å². The quantitative estimate of drug-likeness (QED) is 0.858. The van der Waals surface area contributed by atoms with Crippen LogP contribution in [0.1, 0.15) is 25.3 Å². The number of carbonyl (C=O) groups excluding carboxylic acids is 1. The molecule has 130 valence electrons. The van der Waals surface area contributed by atoms with Crippen molar-refractivity contribution in [3.8, 4) is 11.5 Å². The molecule has 0 saturated carbocycles. The van der Waals surface area contributed by atoms with E-state index in [1.165, 1.54) is 0 Å². The monoisotopic (exact) mass is 343 g/mol. The Morgan fingerprint density at radius 1 is 1.30 bits per heavy atom. The number of rotatable bonds is 6. The van der Waals surface area contributed by atoms with Gasteiger partial charge >= 0.3 is 0 Å². The lowest BCUT2D eigenvalue weighted by molar-refractivity contribution is -0.126. The van der Waals surface area contributed by atoms with Gasteiger partial charge in [0.2, 0.25) is 0 Å². The topological polar surface area (TPSA) is 59.0 Å². The molecule has 1 heterocycles. The van der Waals surface area contributed by atoms with Gasteiger partial charge in [-0.1, -0.05) is 6.07 Å². The summed E-state index contributed by atoms with van der Waals surface area (Å²) in [6.07, 6.45) is 1.67. The molecule has 2 rings (SSSR count). The Bertz CT molecular complexity index is 523. The van der Waals surface area contributed by atoms with Gasteiger partial charge in [-0.2, -0.15) is 0 Å². The smallest absolute Gasteiger partial charge is 0.160 e. The second-order valence-electron chi connectivity index (χ2n) is 5.79. The van der Waals surface area contributed by atoms with Gasteiger partial charge in [0, 0.05) is 19.0 Å². The zero-order chi connectivity index (χ0) is 16.1. The number of carbonyl (C=O) groups is 1. The molecule has 2 atom stereocenters. The Morgan fingerprint density at radius 3 is 2.57 bits per heavy atom. The maximum absolute atomic E-state index is 11.4. The SMILES string of the molecule is COc1ccc(CCN2CCC(C(C)=O)CC2O)cc1OC.Cl. The number of Topliss-reactive ketones (excluding diaryl/α,β-unsaturated/α-hetero) is 1. The maximum atomic E-state index is 11.4. The molecule has 2 unspecified atom stereocenters. The fourth-order valence-corrected chi connectivity index (χ4v) is 2.93. The van der Waals surface area contributed by atoms with Crippen LogP contribution in [0.15, 0.2) is 18.2 Å². The van der Waals surface area contributed by atoms with E-state index in [-0.39, 0.29) is 24.1 Å². The fraction of sp³-hybridized carbons (Fsp3) is 0.588. The van der Waals surface area contributed by atoms with Crippen molar-refractivity contribution in [2.75, 3.05) is 27.3 Å². The van der Waals surface area contributed by atoms with Crippen molar-refractivity contribution in [3.05, 3.63) is 23.8 Å². The van der Waals surface area contributed by atoms with E-state index in [9.17, 15) is 9.90 Å². The molecule has 1 aromatic carbocycles. The second-order valence-corrected chi connectivity index (χ2v) is 5.79. The Hall–Kier alpha value is -1.30. The first-order valence-electron chi connectivity index (χ1n) is 7.68. The molecular formula is C17H26ClNO4. The predicted octanol–water partition coefficient (Wildman–Crippen LogP) is 2.29. The van der Waals surface area contributed by atoms with Crippen molar-refractivity contribution in [2.45, 2.75) is 32.4 Å². The van der Waals surface area contributed by atoms with Crippen LogP contribution in [0.5, 0.6) is 11.5 Å². The lowest BCUT2D eigenvalue weighted by Gasteiger charge is -2.35. The van der Waals surface area contributed by atoms with Crippen molar-refractivity contribution in [1.82, 2.24) is 4.90 Å². The van der Waals surface area contributed by atoms with Crippen molar-refractivity contribution >= 4 is 18.2 Å². The average Bonchev–Trinajstić information content (AvgIpc) is 2.53. The first-order valence-corrected chi connectivity index (χ1v) is 7.68. The molecular weight excluding hydrogens is 318 g/mol. The Labute approximate surface area is 144 Å². The van der Waals surface area contributed by atoms with Gasteiger partial charge in [0.05, 0.1) is 14.2 Å². The molecule has 0 aromatic heterocycles. The van der Waals surface area contributed by atoms with Crippen molar-refractivity contribution < 1.29 is 19.4 Å². The van der Waals surface area contributed by atoms with E-state index >= 15 is 0 Å². The van der Waals surface area contributed by atoms with E-state index in [0.29, 0.717) is 12.2 Å². The predicted molar refractivity (Wildman–Crippen MR) is 91.5 cm³/mol. The van der Waals surface area contributed by atoms with Gasteiger partial charge < -0.3 is 14.6 Å². The molecule has 1 N–H and O–H groups in total. The molecule has 1 fully saturated rings. The lowest BCUT2D eigenvalue weighted by atomic mass is 9.92. The summed E-state index contributed by atoms with van der Waals surface area (Å²) >= 11 is 0. The molecule has 6 heteroatoms. The maximum Gasteiger partial charge on any atom is 0.160 e. The van der Waals surface area contributed by atoms with Crippen LogP contribution in [0, 0.1) is 5.92 Å². The van der Waals surface area contributed by atoms with Gasteiger partial charge in [-0.05, 0) is 43.9 Å². The zero-order valence-corrected chi connectivity index (χ0v) is 14.8. The number of piperidine rings is 1. The number of nitrogens with zero attached hydrogens (tertiary/aromatic N) is 1. The molecule has 0 aliphatic carbocycles. The van der Waals surface area contributed by atoms with Crippen molar-refractivity contribution in [1.29, 1.82) is 0 Å². The number of halogens is 1. The van der Waals surface area contributed by atoms with Crippen molar-refractivity contribution in [2.24, 2.45) is 5.92 Å². The average molecular weight is 344 g/mol. The molecule has 1 aromatic rings. The van der Waals surface area contributed by atoms with Gasteiger partial charge in [-0.3, -0.25) is 9.69 Å². The number of benzene rings is 1. The molecule has 1 saturated heterocycles. The molecule has 1 aliphatic heterocycles. The number of likely N-dealkylation sites (tertiary alicyclic amines) is 1. The molecule has 0 amide bonds. The minimum absolute atomic E-state index is 0. The number of ether oxygens (including phenoxy) is 2. The van der Waals surface area contributed by atoms with E-state index in [0.717, 1.165) is 37.2 Å². The fourth-order valence-electron chi connectivity index (χ4n) is 2.93. The van der Waals surface area contributed by atoms with E-state index in [4.69, 9.17) is 9.47 Å². The van der Waals surface area contributed by atoms with Crippen LogP contribution >= 0.6 is 12.4 Å². The summed E-state index contributed by atoms with van der Waals surface area (Å²) in [7, 11) is 3.24. The Kier molecular flexibility index (Phi) is 7.82. The summed E-state index contributed by atoms with van der Waals surface area (Å²) in [4.78, 5) is 13.4. The summed E-state index contributed by atoms with van der Waals surface area (Å²) in [5.74, 6) is 1.62. The van der Waals surface area contributed by atoms with Crippen LogP contribution in [-0.4, -0.2) is 49.3 Å². The van der Waals surface area contributed by atoms with Gasteiger partial charge in [0.25, 0.3) is 0 Å². The van der Waals surface area contributed by atoms with Crippen LogP contribution in [0.25, 0.3) is 0 Å². The Balaban J connectivity index is 0.00000264. The number of aliphatic hydroxyl groups is 1. The summed E-state index contributed by atoms with van der Waals surface area (Å²) in [6.45, 7) is 3.14. The summed E-state index contributed by atoms with van der Waals surface area (Å²) in [5.41, 5.74) is 1.14. The third kappa shape index (κ3) is 5.09. The van der Waals surface area contributed by atoms with E-state index in [2.05, 4.69) is 0 Å². The van der Waals surface area contributed by atoms with E-state index < -0.39 is 6.23 Å². The molecule has 1 aliphatic rings. The lowest BCUT2D eigenvalue weighted by Crippen LogP contribution is -2.44. The highest BCUT2D eigenvalue weighted by molar-refractivity contribution is 5.85. The number of hydrogen-bond donors (Lipinski definition) is 1. The number of ketones is 1. The van der Waals surface area contributed by atoms with Crippen LogP contribution in [0.3, 0.4) is 0 Å². The van der Waals surface area contributed by atoms with Crippen LogP contribution in [0.4, 0.5) is 0 Å². The Morgan fingerprint density at radius 2 is 2.00 bits per heavy atom. The minimum Gasteiger partial charge on any atom is -0.493 e. The number of aliphatic hydroxyl groups excluding tert-OH is 1. The van der Waals surface area contributed by atoms with Gasteiger partial charge in [-0.25, -0.2) is 0 Å². The summed E-state index contributed by atoms with van der Waals surface area (Å²) in [5, 5.41) is 10.2. The first-order chi connectivity index (χ1) is 10.5. The largest absolute Gasteiger partial charge is 0.493 e. The highest BCUT2D eigenvalue weighted by Crippen LogP contribution is 2.28. The second kappa shape index (κ2) is 9.11. The van der Waals surface area contributed by atoms with Crippen LogP contribution in [0.2, 0.25) is 0 Å². The van der Waals surface area contributed by atoms with Crippen LogP contribution < -0.4 is 9.47 Å². The molecule has 23 heavy (non-hydrogen) atoms. The zero-order valence-electron chi connectivity index (χ0n) is 13.9. The normalized spacial score (nSPS) is 21.4. The highest BCUT2D eigenvalue weighted by Gasteiger charge is 2.28. The number of hydrogen-bond acceptors (Lipinski definition) is 5. The molecule has 0 bridgehead atoms. The summed E-state index contributed by atoms with van der Waals surface area (Å²) in [6, 6.07) is 5.87. The standard InChI is InChI=1S/C17H25NO4.ClH/c1-12(19)14-7-9-18(17(20)11-14)8-6-13-4-5-15(21-2)16(10-13)22-3;/h4-5,10,14,17,20H,6-9,11H2,1-3H3;1H. The van der Waals surface area contributed by atoms with Gasteiger partial charge in [0.15, 0.2) is 11.5 Å². The third-order valence-corrected chi connectivity index (χ3v) is 4.39. The molecule has 5 nitrogen and oxygen atoms in total. The van der Waals surface area contributed by atoms with Crippen molar-refractivity contribution in [3.63, 3.8) is 0 Å². The minimum atomic E-state index is -0.525. The first kappa shape index (κ1) is 19.7. The van der Waals surface area contributed by atoms with Crippen LogP contribution in [-0.2, 0) is 11.2 Å². The highest BCUT2D eigenvalue weighted by atomic mass is 35.5. The molecule has 0 spiro atoms. The van der Waals surface area contributed by atoms with Gasteiger partial charge in [-0.15, -0.1) is 12.4 Å². The number of methoxy groups -OCH3 is 2. The van der Waals surface area contributed by atoms with E-state index in [1.54, 1.807) is 21.1 Å². The van der Waals surface area contributed by atoms with E-state index in [1.807, 2.05) is 23.1 Å². The molecule has 0 radical (unpaired) electrons. The third-order valence-electron chi connectivity index (χ3n) is 4.39. The summed E-state index contributed by atoms with van der Waals surface area (Å²) < 4.78 is 10.5.